The lowest BCUT2D eigenvalue weighted by atomic mass is 10.0. The quantitative estimate of drug-likeness (QED) is 0.152. The van der Waals surface area contributed by atoms with Crippen LogP contribution in [0.1, 0.15) is 118 Å². The highest BCUT2D eigenvalue weighted by Crippen LogP contribution is 2.09. The van der Waals surface area contributed by atoms with Crippen LogP contribution in [0.15, 0.2) is 135 Å². The Morgan fingerprint density at radius 1 is 0.333 bits per heavy atom. The van der Waals surface area contributed by atoms with Crippen LogP contribution in [0, 0.1) is 21.7 Å². The predicted octanol–water partition coefficient (Wildman–Crippen LogP) is 13.0. The Labute approximate surface area is 344 Å². The van der Waals surface area contributed by atoms with E-state index in [0.29, 0.717) is 21.7 Å². The first kappa shape index (κ1) is 51.6. The summed E-state index contributed by atoms with van der Waals surface area (Å²) in [4.78, 5) is 20.2. The zero-order valence-corrected chi connectivity index (χ0v) is 37.2. The van der Waals surface area contributed by atoms with E-state index in [9.17, 15) is 0 Å². The molecule has 8 heterocycles. The van der Waals surface area contributed by atoms with Crippen molar-refractivity contribution in [1.82, 2.24) is 47.7 Å². The third-order valence-electron chi connectivity index (χ3n) is 4.93. The first-order chi connectivity index (χ1) is 25.9. The molecule has 8 aromatic rings. The maximum absolute atomic E-state index is 4.10. The third kappa shape index (κ3) is 30.5. The van der Waals surface area contributed by atoms with Gasteiger partial charge in [0.25, 0.3) is 0 Å². The van der Waals surface area contributed by atoms with Crippen LogP contribution in [0.25, 0.3) is 22.7 Å². The molecule has 0 aliphatic heterocycles. The number of imidazole rings is 1. The Hall–Kier alpha value is -5.38. The standard InChI is InChI=1S/2C7H6N2.2C6H5N3.4C5H12.CH4/c2*1-3-7-8-4-2-6-9(7)5-1;1-3-7-6-2-4-8-9(6)5-1;1-2-7-6-8-3-5-9(6)4-1;4*1-5(2,3)4;/h2*1-6H;2*1-5H;4*1-4H3;1H4. The SMILES string of the molecule is C.CC(C)(C)C.CC(C)(C)C.CC(C)(C)C.CC(C)(C)C.c1cnc2cccn2c1.c1cnc2cccn2c1.c1cnc2ccnn2c1.c1cnc2nccn2c1. The van der Waals surface area contributed by atoms with Gasteiger partial charge >= 0.3 is 0 Å². The molecular formula is C47H74N10. The molecular weight excluding hydrogens is 705 g/mol. The smallest absolute Gasteiger partial charge is 0.233 e. The fraction of sp³-hybridized carbons (Fsp3) is 0.447. The molecule has 0 radical (unpaired) electrons. The van der Waals surface area contributed by atoms with Crippen LogP contribution in [-0.2, 0) is 0 Å². The van der Waals surface area contributed by atoms with E-state index in [2.05, 4.69) is 141 Å². The summed E-state index contributed by atoms with van der Waals surface area (Å²) in [5.74, 6) is 0.748. The van der Waals surface area contributed by atoms with Crippen molar-refractivity contribution < 1.29 is 0 Å². The summed E-state index contributed by atoms with van der Waals surface area (Å²) in [6.45, 7) is 35.0. The number of hydrogen-bond donors (Lipinski definition) is 0. The molecule has 0 amide bonds. The first-order valence-electron chi connectivity index (χ1n) is 19.1. The zero-order chi connectivity index (χ0) is 42.4. The van der Waals surface area contributed by atoms with Gasteiger partial charge in [-0.1, -0.05) is 118 Å². The van der Waals surface area contributed by atoms with Crippen molar-refractivity contribution in [2.24, 2.45) is 21.7 Å². The molecule has 0 bridgehead atoms. The monoisotopic (exact) mass is 779 g/mol. The summed E-state index contributed by atoms with van der Waals surface area (Å²) in [6.07, 6.45) is 24.0. The molecule has 0 N–H and O–H groups in total. The van der Waals surface area contributed by atoms with Crippen LogP contribution in [0.4, 0.5) is 0 Å². The molecule has 0 aliphatic carbocycles. The van der Waals surface area contributed by atoms with Crippen molar-refractivity contribution in [2.75, 3.05) is 0 Å². The van der Waals surface area contributed by atoms with E-state index >= 15 is 0 Å². The van der Waals surface area contributed by atoms with Gasteiger partial charge in [-0.2, -0.15) is 5.10 Å². The van der Waals surface area contributed by atoms with Gasteiger partial charge in [0.15, 0.2) is 5.65 Å². The van der Waals surface area contributed by atoms with Crippen LogP contribution in [-0.4, -0.2) is 47.7 Å². The van der Waals surface area contributed by atoms with E-state index in [0.717, 1.165) is 22.7 Å². The van der Waals surface area contributed by atoms with E-state index < -0.39 is 0 Å². The third-order valence-corrected chi connectivity index (χ3v) is 4.93. The van der Waals surface area contributed by atoms with E-state index in [1.807, 2.05) is 111 Å². The average molecular weight is 779 g/mol. The minimum Gasteiger partial charge on any atom is -0.309 e. The summed E-state index contributed by atoms with van der Waals surface area (Å²) >= 11 is 0. The second kappa shape index (κ2) is 25.0. The van der Waals surface area contributed by atoms with E-state index in [4.69, 9.17) is 0 Å². The van der Waals surface area contributed by atoms with Crippen LogP contribution < -0.4 is 0 Å². The van der Waals surface area contributed by atoms with E-state index in [1.165, 1.54) is 0 Å². The molecule has 0 unspecified atom stereocenters. The van der Waals surface area contributed by atoms with Gasteiger partial charge in [0.2, 0.25) is 5.78 Å². The molecule has 0 spiro atoms. The fourth-order valence-corrected chi connectivity index (χ4v) is 3.27. The van der Waals surface area contributed by atoms with Gasteiger partial charge in [0.1, 0.15) is 11.3 Å². The molecule has 8 aromatic heterocycles. The minimum absolute atomic E-state index is 0. The molecule has 8 rings (SSSR count). The van der Waals surface area contributed by atoms with Crippen LogP contribution >= 0.6 is 0 Å². The summed E-state index contributed by atoms with van der Waals surface area (Å²) in [7, 11) is 0. The lowest BCUT2D eigenvalue weighted by molar-refractivity contribution is 0.469. The molecule has 10 nitrogen and oxygen atoms in total. The molecule has 0 aliphatic rings. The number of nitrogens with zero attached hydrogens (tertiary/aromatic N) is 10. The van der Waals surface area contributed by atoms with Gasteiger partial charge in [-0.15, -0.1) is 0 Å². The van der Waals surface area contributed by atoms with Crippen molar-refractivity contribution in [1.29, 1.82) is 0 Å². The van der Waals surface area contributed by atoms with Gasteiger partial charge < -0.3 is 8.80 Å². The highest BCUT2D eigenvalue weighted by atomic mass is 15.2. The van der Waals surface area contributed by atoms with Gasteiger partial charge in [0, 0.05) is 80.4 Å². The van der Waals surface area contributed by atoms with Crippen LogP contribution in [0.3, 0.4) is 0 Å². The molecule has 10 heteroatoms. The van der Waals surface area contributed by atoms with Crippen molar-refractivity contribution in [3.8, 4) is 0 Å². The summed E-state index contributed by atoms with van der Waals surface area (Å²) in [6, 6.07) is 17.3. The highest BCUT2D eigenvalue weighted by molar-refractivity contribution is 5.38. The molecule has 0 atom stereocenters. The van der Waals surface area contributed by atoms with Crippen LogP contribution in [0.2, 0.25) is 0 Å². The van der Waals surface area contributed by atoms with E-state index in [1.54, 1.807) is 41.7 Å². The minimum atomic E-state index is 0. The number of hydrogen-bond acceptors (Lipinski definition) is 6. The molecule has 0 saturated carbocycles. The molecule has 0 saturated heterocycles. The Morgan fingerprint density at radius 2 is 0.667 bits per heavy atom. The Bertz CT molecular complexity index is 1700. The van der Waals surface area contributed by atoms with Gasteiger partial charge in [-0.05, 0) is 70.2 Å². The first-order valence-corrected chi connectivity index (χ1v) is 19.1. The lowest BCUT2D eigenvalue weighted by Crippen LogP contribution is -1.93. The highest BCUT2D eigenvalue weighted by Gasteiger charge is 1.97. The Morgan fingerprint density at radius 3 is 1.05 bits per heavy atom. The second-order valence-corrected chi connectivity index (χ2v) is 19.3. The summed E-state index contributed by atoms with van der Waals surface area (Å²) in [5.41, 5.74) is 4.88. The fourth-order valence-electron chi connectivity index (χ4n) is 3.27. The van der Waals surface area contributed by atoms with Gasteiger partial charge in [-0.25, -0.2) is 29.4 Å². The zero-order valence-electron chi connectivity index (χ0n) is 37.2. The van der Waals surface area contributed by atoms with Crippen molar-refractivity contribution in [2.45, 2.75) is 118 Å². The van der Waals surface area contributed by atoms with Crippen molar-refractivity contribution in [3.63, 3.8) is 0 Å². The molecule has 0 fully saturated rings. The van der Waals surface area contributed by atoms with Crippen LogP contribution in [0.5, 0.6) is 0 Å². The summed E-state index contributed by atoms with van der Waals surface area (Å²) in [5, 5.41) is 3.97. The molecule has 57 heavy (non-hydrogen) atoms. The predicted molar refractivity (Wildman–Crippen MR) is 244 cm³/mol. The number of aromatic nitrogens is 10. The number of fused-ring (bicyclic) bond motifs is 4. The van der Waals surface area contributed by atoms with E-state index in [-0.39, 0.29) is 7.43 Å². The normalized spacial score (nSPS) is 10.7. The second-order valence-electron chi connectivity index (χ2n) is 19.3. The lowest BCUT2D eigenvalue weighted by Gasteiger charge is -2.05. The van der Waals surface area contributed by atoms with Crippen molar-refractivity contribution in [3.05, 3.63) is 135 Å². The number of rotatable bonds is 0. The largest absolute Gasteiger partial charge is 0.309 e. The summed E-state index contributed by atoms with van der Waals surface area (Å²) < 4.78 is 7.53. The molecule has 0 aromatic carbocycles. The topological polar surface area (TPSA) is 95.0 Å². The Balaban J connectivity index is 0.000000639. The maximum atomic E-state index is 4.10. The molecule has 312 valence electrons. The van der Waals surface area contributed by atoms with Gasteiger partial charge in [-0.3, -0.25) is 4.40 Å². The Kier molecular flexibility index (Phi) is 22.6. The average Bonchev–Trinajstić information content (AvgIpc) is 3.89. The van der Waals surface area contributed by atoms with Gasteiger partial charge in [0.05, 0.1) is 6.20 Å². The maximum Gasteiger partial charge on any atom is 0.233 e. The van der Waals surface area contributed by atoms with Crippen molar-refractivity contribution >= 4 is 22.7 Å².